The van der Waals surface area contributed by atoms with Crippen LogP contribution in [0.1, 0.15) is 41.5 Å². The van der Waals surface area contributed by atoms with Crippen molar-refractivity contribution in [3.05, 3.63) is 59.2 Å². The summed E-state index contributed by atoms with van der Waals surface area (Å²) in [6, 6.07) is 15.6. The maximum Gasteiger partial charge on any atom is 0.230 e. The molecule has 1 saturated carbocycles. The average Bonchev–Trinajstić information content (AvgIpc) is 3.40. The Morgan fingerprint density at radius 3 is 2.82 bits per heavy atom. The average molecular weight is 377 g/mol. The third kappa shape index (κ3) is 2.90. The monoisotopic (exact) mass is 377 g/mol. The van der Waals surface area contributed by atoms with Gasteiger partial charge in [-0.2, -0.15) is 0 Å². The van der Waals surface area contributed by atoms with Gasteiger partial charge in [0.1, 0.15) is 5.75 Å². The molecule has 0 aromatic heterocycles. The standard InChI is InChI=1S/C23H27N3O2/c1-26-20-10-15(21(28-2)12-17(20)16-11-18(16)23(26)27)13-25-19-8-9-24-22(19)14-6-4-3-5-7-14/h3-7,10,12,16,18-19,22,24-25H,8-9,11,13H2,1-2H3/t16-,18-,19?,22?/m1/s1. The summed E-state index contributed by atoms with van der Waals surface area (Å²) >= 11 is 0. The lowest BCUT2D eigenvalue weighted by molar-refractivity contribution is -0.119. The van der Waals surface area contributed by atoms with E-state index in [2.05, 4.69) is 53.1 Å². The molecule has 3 aliphatic rings. The molecular formula is C23H27N3O2. The van der Waals surface area contributed by atoms with Crippen molar-refractivity contribution in [3.8, 4) is 5.75 Å². The Hall–Kier alpha value is -2.37. The number of ether oxygens (including phenoxy) is 1. The quantitative estimate of drug-likeness (QED) is 0.841. The maximum absolute atomic E-state index is 12.4. The number of hydrogen-bond donors (Lipinski definition) is 2. The number of rotatable bonds is 5. The molecule has 146 valence electrons. The molecule has 1 saturated heterocycles. The summed E-state index contributed by atoms with van der Waals surface area (Å²) in [5, 5.41) is 7.35. The summed E-state index contributed by atoms with van der Waals surface area (Å²) in [5.74, 6) is 1.74. The second kappa shape index (κ2) is 6.90. The van der Waals surface area contributed by atoms with Crippen molar-refractivity contribution in [1.82, 2.24) is 10.6 Å². The molecule has 28 heavy (non-hydrogen) atoms. The Kier molecular flexibility index (Phi) is 4.37. The van der Waals surface area contributed by atoms with E-state index in [0.717, 1.165) is 42.9 Å². The molecule has 2 unspecified atom stereocenters. The molecule has 2 aromatic carbocycles. The normalized spacial score (nSPS) is 28.1. The largest absolute Gasteiger partial charge is 0.496 e. The van der Waals surface area contributed by atoms with E-state index in [-0.39, 0.29) is 11.8 Å². The fourth-order valence-electron chi connectivity index (χ4n) is 4.90. The number of carbonyl (C=O) groups excluding carboxylic acids is 1. The lowest BCUT2D eigenvalue weighted by Crippen LogP contribution is -2.34. The van der Waals surface area contributed by atoms with Crippen molar-refractivity contribution in [1.29, 1.82) is 0 Å². The third-order valence-corrected chi connectivity index (χ3v) is 6.56. The van der Waals surface area contributed by atoms with Crippen LogP contribution in [0, 0.1) is 5.92 Å². The Morgan fingerprint density at radius 1 is 1.21 bits per heavy atom. The number of anilines is 1. The zero-order chi connectivity index (χ0) is 19.3. The minimum absolute atomic E-state index is 0.183. The Labute approximate surface area is 166 Å². The Morgan fingerprint density at radius 2 is 2.04 bits per heavy atom. The van der Waals surface area contributed by atoms with Gasteiger partial charge in [-0.15, -0.1) is 0 Å². The number of nitrogens with zero attached hydrogens (tertiary/aromatic N) is 1. The van der Waals surface area contributed by atoms with E-state index in [1.807, 2.05) is 11.9 Å². The van der Waals surface area contributed by atoms with E-state index in [0.29, 0.717) is 18.0 Å². The smallest absolute Gasteiger partial charge is 0.230 e. The zero-order valence-corrected chi connectivity index (χ0v) is 16.4. The van der Waals surface area contributed by atoms with Crippen LogP contribution in [-0.2, 0) is 11.3 Å². The first-order chi connectivity index (χ1) is 13.7. The van der Waals surface area contributed by atoms with E-state index in [1.54, 1.807) is 7.11 Å². The lowest BCUT2D eigenvalue weighted by atomic mass is 9.97. The second-order valence-corrected chi connectivity index (χ2v) is 8.19. The van der Waals surface area contributed by atoms with Gasteiger partial charge in [-0.1, -0.05) is 30.3 Å². The number of carbonyl (C=O) groups is 1. The van der Waals surface area contributed by atoms with Gasteiger partial charge in [-0.3, -0.25) is 4.79 Å². The molecule has 5 heteroatoms. The highest BCUT2D eigenvalue weighted by molar-refractivity contribution is 6.01. The first kappa shape index (κ1) is 17.7. The van der Waals surface area contributed by atoms with Crippen LogP contribution in [0.15, 0.2) is 42.5 Å². The maximum atomic E-state index is 12.4. The highest BCUT2D eigenvalue weighted by Gasteiger charge is 2.50. The van der Waals surface area contributed by atoms with Crippen molar-refractivity contribution in [2.24, 2.45) is 5.92 Å². The van der Waals surface area contributed by atoms with Crippen LogP contribution in [0.3, 0.4) is 0 Å². The number of hydrogen-bond acceptors (Lipinski definition) is 4. The van der Waals surface area contributed by atoms with Gasteiger partial charge in [0.25, 0.3) is 0 Å². The van der Waals surface area contributed by atoms with Gasteiger partial charge >= 0.3 is 0 Å². The summed E-state index contributed by atoms with van der Waals surface area (Å²) in [7, 11) is 3.63. The van der Waals surface area contributed by atoms with Crippen LogP contribution in [0.4, 0.5) is 5.69 Å². The zero-order valence-electron chi connectivity index (χ0n) is 16.4. The molecule has 2 aromatic rings. The van der Waals surface area contributed by atoms with E-state index < -0.39 is 0 Å². The van der Waals surface area contributed by atoms with Crippen LogP contribution in [-0.4, -0.2) is 32.7 Å². The highest BCUT2D eigenvalue weighted by Crippen LogP contribution is 2.56. The number of fused-ring (bicyclic) bond motifs is 3. The van der Waals surface area contributed by atoms with Crippen molar-refractivity contribution in [3.63, 3.8) is 0 Å². The molecule has 2 N–H and O–H groups in total. The molecule has 0 bridgehead atoms. The summed E-state index contributed by atoms with van der Waals surface area (Å²) < 4.78 is 5.71. The van der Waals surface area contributed by atoms with Crippen LogP contribution < -0.4 is 20.3 Å². The van der Waals surface area contributed by atoms with Crippen molar-refractivity contribution in [2.75, 3.05) is 25.6 Å². The molecule has 4 atom stereocenters. The van der Waals surface area contributed by atoms with Crippen molar-refractivity contribution in [2.45, 2.75) is 37.4 Å². The van der Waals surface area contributed by atoms with Crippen molar-refractivity contribution >= 4 is 11.6 Å². The molecule has 1 aliphatic carbocycles. The molecule has 5 nitrogen and oxygen atoms in total. The van der Waals surface area contributed by atoms with Gasteiger partial charge in [-0.25, -0.2) is 0 Å². The van der Waals surface area contributed by atoms with E-state index in [4.69, 9.17) is 4.74 Å². The number of benzene rings is 2. The molecule has 2 heterocycles. The fourth-order valence-corrected chi connectivity index (χ4v) is 4.90. The van der Waals surface area contributed by atoms with Gasteiger partial charge in [0.15, 0.2) is 0 Å². The van der Waals surface area contributed by atoms with Crippen LogP contribution in [0.2, 0.25) is 0 Å². The Bertz CT molecular complexity index is 898. The Balaban J connectivity index is 1.37. The van der Waals surface area contributed by atoms with Crippen LogP contribution >= 0.6 is 0 Å². The van der Waals surface area contributed by atoms with Gasteiger partial charge in [-0.05, 0) is 48.6 Å². The fraction of sp³-hybridized carbons (Fsp3) is 0.435. The van der Waals surface area contributed by atoms with Crippen LogP contribution in [0.25, 0.3) is 0 Å². The predicted octanol–water partition coefficient (Wildman–Crippen LogP) is 2.97. The lowest BCUT2D eigenvalue weighted by Gasteiger charge is -2.27. The van der Waals surface area contributed by atoms with E-state index in [9.17, 15) is 4.79 Å². The van der Waals surface area contributed by atoms with E-state index in [1.165, 1.54) is 11.1 Å². The predicted molar refractivity (Wildman–Crippen MR) is 110 cm³/mol. The molecule has 2 fully saturated rings. The molecule has 1 amide bonds. The summed E-state index contributed by atoms with van der Waals surface area (Å²) in [6.07, 6.45) is 2.07. The van der Waals surface area contributed by atoms with Gasteiger partial charge in [0, 0.05) is 42.8 Å². The molecule has 0 radical (unpaired) electrons. The topological polar surface area (TPSA) is 53.6 Å². The number of methoxy groups -OCH3 is 1. The number of nitrogens with one attached hydrogen (secondary N) is 2. The first-order valence-corrected chi connectivity index (χ1v) is 10.2. The summed E-state index contributed by atoms with van der Waals surface area (Å²) in [5.41, 5.74) is 4.74. The molecule has 2 aliphatic heterocycles. The number of amides is 1. The van der Waals surface area contributed by atoms with Gasteiger partial charge < -0.3 is 20.3 Å². The summed E-state index contributed by atoms with van der Waals surface area (Å²) in [4.78, 5) is 14.3. The third-order valence-electron chi connectivity index (χ3n) is 6.56. The SMILES string of the molecule is COc1cc2c(cc1CNC1CCNC1c1ccccc1)N(C)C(=O)[C@@H]1C[C@H]21. The van der Waals surface area contributed by atoms with Crippen LogP contribution in [0.5, 0.6) is 5.75 Å². The molecular weight excluding hydrogens is 350 g/mol. The first-order valence-electron chi connectivity index (χ1n) is 10.2. The molecule has 0 spiro atoms. The van der Waals surface area contributed by atoms with Gasteiger partial charge in [0.2, 0.25) is 5.91 Å². The second-order valence-electron chi connectivity index (χ2n) is 8.19. The van der Waals surface area contributed by atoms with Crippen molar-refractivity contribution < 1.29 is 9.53 Å². The minimum atomic E-state index is 0.183. The summed E-state index contributed by atoms with van der Waals surface area (Å²) in [6.45, 7) is 1.74. The highest BCUT2D eigenvalue weighted by atomic mass is 16.5. The van der Waals surface area contributed by atoms with E-state index >= 15 is 0 Å². The minimum Gasteiger partial charge on any atom is -0.496 e. The van der Waals surface area contributed by atoms with Gasteiger partial charge in [0.05, 0.1) is 7.11 Å². The molecule has 5 rings (SSSR count).